The molecule has 0 spiro atoms. The van der Waals surface area contributed by atoms with E-state index in [4.69, 9.17) is 0 Å². The zero-order chi connectivity index (χ0) is 13.7. The molecule has 0 aromatic carbocycles. The van der Waals surface area contributed by atoms with E-state index in [9.17, 15) is 9.59 Å². The van der Waals surface area contributed by atoms with E-state index in [1.807, 2.05) is 6.92 Å². The lowest BCUT2D eigenvalue weighted by Gasteiger charge is -2.00. The highest BCUT2D eigenvalue weighted by Crippen LogP contribution is 2.10. The van der Waals surface area contributed by atoms with Crippen LogP contribution in [-0.2, 0) is 14.1 Å². The van der Waals surface area contributed by atoms with Crippen LogP contribution in [-0.4, -0.2) is 28.7 Å². The van der Waals surface area contributed by atoms with E-state index >= 15 is 0 Å². The topological polar surface area (TPSA) is 90.5 Å². The number of aryl methyl sites for hydroxylation is 2. The lowest BCUT2D eigenvalue weighted by Crippen LogP contribution is -2.36. The Morgan fingerprint density at radius 2 is 1.95 bits per heavy atom. The minimum atomic E-state index is -0.405. The van der Waals surface area contributed by atoms with Crippen molar-refractivity contribution in [3.8, 4) is 5.95 Å². The Labute approximate surface area is 107 Å². The first-order chi connectivity index (χ1) is 9.00. The Kier molecular flexibility index (Phi) is 2.21. The maximum atomic E-state index is 12.0. The Morgan fingerprint density at radius 3 is 2.58 bits per heavy atom. The Morgan fingerprint density at radius 1 is 1.21 bits per heavy atom. The van der Waals surface area contributed by atoms with Gasteiger partial charge in [-0.1, -0.05) is 0 Å². The van der Waals surface area contributed by atoms with Gasteiger partial charge in [0.1, 0.15) is 5.82 Å². The van der Waals surface area contributed by atoms with Gasteiger partial charge in [0.05, 0.1) is 0 Å². The molecule has 3 rings (SSSR count). The maximum Gasteiger partial charge on any atom is 0.332 e. The molecule has 3 heterocycles. The van der Waals surface area contributed by atoms with Gasteiger partial charge < -0.3 is 4.98 Å². The molecule has 0 fully saturated rings. The van der Waals surface area contributed by atoms with Crippen LogP contribution in [0.3, 0.4) is 0 Å². The van der Waals surface area contributed by atoms with Crippen LogP contribution in [0.15, 0.2) is 22.0 Å². The highest BCUT2D eigenvalue weighted by Gasteiger charge is 2.14. The normalized spacial score (nSPS) is 11.3. The van der Waals surface area contributed by atoms with E-state index in [1.54, 1.807) is 24.0 Å². The number of H-pyrrole nitrogens is 1. The van der Waals surface area contributed by atoms with Crippen molar-refractivity contribution in [3.63, 3.8) is 0 Å². The van der Waals surface area contributed by atoms with E-state index in [0.717, 1.165) is 10.4 Å². The van der Waals surface area contributed by atoms with Crippen molar-refractivity contribution in [1.82, 2.24) is 28.7 Å². The van der Waals surface area contributed by atoms with Gasteiger partial charge in [-0.15, -0.1) is 0 Å². The van der Waals surface area contributed by atoms with E-state index in [-0.39, 0.29) is 0 Å². The predicted octanol–water partition coefficient (Wildman–Crippen LogP) is -0.546. The van der Waals surface area contributed by atoms with Crippen LogP contribution in [0.4, 0.5) is 0 Å². The van der Waals surface area contributed by atoms with Gasteiger partial charge in [0.15, 0.2) is 11.2 Å². The molecule has 8 nitrogen and oxygen atoms in total. The second kappa shape index (κ2) is 3.67. The lowest BCUT2D eigenvalue weighted by atomic mass is 10.5. The third kappa shape index (κ3) is 1.46. The summed E-state index contributed by atoms with van der Waals surface area (Å²) in [4.78, 5) is 35.2. The minimum absolute atomic E-state index is 0.299. The van der Waals surface area contributed by atoms with Crippen LogP contribution in [0.25, 0.3) is 17.1 Å². The number of aromatic amines is 1. The first-order valence-electron chi connectivity index (χ1n) is 5.66. The SMILES string of the molecule is Cc1nccn1-c1nc2c([nH]1)c(=O)n(C)c(=O)n2C. The van der Waals surface area contributed by atoms with Gasteiger partial charge >= 0.3 is 5.69 Å². The summed E-state index contributed by atoms with van der Waals surface area (Å²) in [7, 11) is 3.02. The molecule has 0 amide bonds. The summed E-state index contributed by atoms with van der Waals surface area (Å²) in [6.45, 7) is 1.82. The number of hydrogen-bond donors (Lipinski definition) is 1. The fourth-order valence-corrected chi connectivity index (χ4v) is 2.03. The Bertz CT molecular complexity index is 894. The van der Waals surface area contributed by atoms with Crippen LogP contribution >= 0.6 is 0 Å². The summed E-state index contributed by atoms with van der Waals surface area (Å²) in [6, 6.07) is 0. The molecular formula is C11H12N6O2. The van der Waals surface area contributed by atoms with Gasteiger partial charge in [-0.3, -0.25) is 18.5 Å². The largest absolute Gasteiger partial charge is 0.332 e. The number of fused-ring (bicyclic) bond motifs is 1. The molecule has 0 aliphatic carbocycles. The number of hydrogen-bond acceptors (Lipinski definition) is 4. The van der Waals surface area contributed by atoms with E-state index < -0.39 is 11.2 Å². The van der Waals surface area contributed by atoms with Gasteiger partial charge in [-0.05, 0) is 6.92 Å². The Balaban J connectivity index is 2.43. The standard InChI is InChI=1S/C11H12N6O2/c1-6-12-4-5-17(6)10-13-7-8(14-10)15(2)11(19)16(3)9(7)18/h4-5H,1-3H3,(H,13,14). The van der Waals surface area contributed by atoms with Crippen molar-refractivity contribution in [3.05, 3.63) is 39.1 Å². The van der Waals surface area contributed by atoms with Crippen molar-refractivity contribution in [2.75, 3.05) is 0 Å². The third-order valence-corrected chi connectivity index (χ3v) is 3.14. The molecular weight excluding hydrogens is 248 g/mol. The second-order valence-corrected chi connectivity index (χ2v) is 4.31. The molecule has 0 aliphatic heterocycles. The molecule has 0 radical (unpaired) electrons. The molecule has 0 unspecified atom stereocenters. The Hall–Kier alpha value is -2.64. The van der Waals surface area contributed by atoms with Crippen molar-refractivity contribution in [2.45, 2.75) is 6.92 Å². The van der Waals surface area contributed by atoms with Gasteiger partial charge in [0, 0.05) is 26.5 Å². The molecule has 0 bridgehead atoms. The molecule has 1 N–H and O–H groups in total. The summed E-state index contributed by atoms with van der Waals surface area (Å²) < 4.78 is 4.10. The molecule has 8 heteroatoms. The smallest absolute Gasteiger partial charge is 0.318 e. The number of rotatable bonds is 1. The minimum Gasteiger partial charge on any atom is -0.318 e. The van der Waals surface area contributed by atoms with Crippen LogP contribution < -0.4 is 11.2 Å². The summed E-state index contributed by atoms with van der Waals surface area (Å²) in [5.74, 6) is 1.20. The van der Waals surface area contributed by atoms with Gasteiger partial charge in [0.25, 0.3) is 5.56 Å². The zero-order valence-electron chi connectivity index (χ0n) is 10.7. The van der Waals surface area contributed by atoms with Crippen LogP contribution in [0.5, 0.6) is 0 Å². The molecule has 0 atom stereocenters. The summed E-state index contributed by atoms with van der Waals surface area (Å²) >= 11 is 0. The molecule has 3 aromatic heterocycles. The monoisotopic (exact) mass is 260 g/mol. The lowest BCUT2D eigenvalue weighted by molar-refractivity contribution is 0.708. The molecule has 0 saturated heterocycles. The summed E-state index contributed by atoms with van der Waals surface area (Å²) in [5.41, 5.74) is -0.170. The number of nitrogens with one attached hydrogen (secondary N) is 1. The predicted molar refractivity (Wildman–Crippen MR) is 68.4 cm³/mol. The third-order valence-electron chi connectivity index (χ3n) is 3.14. The first-order valence-corrected chi connectivity index (χ1v) is 5.66. The second-order valence-electron chi connectivity index (χ2n) is 4.31. The molecule has 3 aromatic rings. The summed E-state index contributed by atoms with van der Waals surface area (Å²) in [5, 5.41) is 0. The van der Waals surface area contributed by atoms with E-state index in [1.165, 1.54) is 11.6 Å². The van der Waals surface area contributed by atoms with Crippen molar-refractivity contribution >= 4 is 11.2 Å². The van der Waals surface area contributed by atoms with Crippen molar-refractivity contribution in [1.29, 1.82) is 0 Å². The molecule has 19 heavy (non-hydrogen) atoms. The summed E-state index contributed by atoms with van der Waals surface area (Å²) in [6.07, 6.45) is 3.37. The number of imidazole rings is 2. The van der Waals surface area contributed by atoms with Gasteiger partial charge in [-0.25, -0.2) is 9.78 Å². The number of nitrogens with zero attached hydrogens (tertiary/aromatic N) is 5. The van der Waals surface area contributed by atoms with Crippen LogP contribution in [0.2, 0.25) is 0 Å². The van der Waals surface area contributed by atoms with E-state index in [0.29, 0.717) is 17.1 Å². The molecule has 0 saturated carbocycles. The van der Waals surface area contributed by atoms with E-state index in [2.05, 4.69) is 15.0 Å². The average Bonchev–Trinajstić information content (AvgIpc) is 2.99. The van der Waals surface area contributed by atoms with Crippen LogP contribution in [0, 0.1) is 6.92 Å². The highest BCUT2D eigenvalue weighted by atomic mass is 16.2. The highest BCUT2D eigenvalue weighted by molar-refractivity contribution is 5.71. The molecule has 98 valence electrons. The van der Waals surface area contributed by atoms with Gasteiger partial charge in [0.2, 0.25) is 5.95 Å². The average molecular weight is 260 g/mol. The van der Waals surface area contributed by atoms with Gasteiger partial charge in [-0.2, -0.15) is 4.98 Å². The maximum absolute atomic E-state index is 12.0. The van der Waals surface area contributed by atoms with Crippen LogP contribution in [0.1, 0.15) is 5.82 Å². The first kappa shape index (κ1) is 11.5. The fourth-order valence-electron chi connectivity index (χ4n) is 2.03. The fraction of sp³-hybridized carbons (Fsp3) is 0.273. The number of aromatic nitrogens is 6. The zero-order valence-corrected chi connectivity index (χ0v) is 10.7. The quantitative estimate of drug-likeness (QED) is 0.636. The van der Waals surface area contributed by atoms with Crippen molar-refractivity contribution in [2.24, 2.45) is 14.1 Å². The van der Waals surface area contributed by atoms with Crippen molar-refractivity contribution < 1.29 is 0 Å². The molecule has 0 aliphatic rings.